The minimum absolute atomic E-state index is 0.0191. The molecule has 2 aromatic carbocycles. The van der Waals surface area contributed by atoms with Crippen LogP contribution in [0.1, 0.15) is 18.5 Å². The van der Waals surface area contributed by atoms with Gasteiger partial charge in [-0.15, -0.1) is 11.3 Å². The van der Waals surface area contributed by atoms with Gasteiger partial charge in [0.1, 0.15) is 5.69 Å². The van der Waals surface area contributed by atoms with Gasteiger partial charge in [0.05, 0.1) is 22.9 Å². The molecule has 1 atom stereocenters. The van der Waals surface area contributed by atoms with Crippen LogP contribution < -0.4 is 4.80 Å². The number of thiazole rings is 1. The molecule has 4 aromatic rings. The predicted molar refractivity (Wildman–Crippen MR) is 109 cm³/mol. The lowest BCUT2D eigenvalue weighted by molar-refractivity contribution is -0.384. The van der Waals surface area contributed by atoms with E-state index in [0.29, 0.717) is 10.5 Å². The molecule has 0 spiro atoms. The smallest absolute Gasteiger partial charge is 0.294 e. The van der Waals surface area contributed by atoms with Gasteiger partial charge in [-0.05, 0) is 30.7 Å². The fourth-order valence-electron chi connectivity index (χ4n) is 3.08. The minimum atomic E-state index is -0.412. The van der Waals surface area contributed by atoms with Crippen molar-refractivity contribution in [3.8, 4) is 11.5 Å². The van der Waals surface area contributed by atoms with Crippen LogP contribution in [0.15, 0.2) is 87.8 Å². The molecular formula is C21H17N3O3S. The van der Waals surface area contributed by atoms with Gasteiger partial charge in [0.25, 0.3) is 5.69 Å². The van der Waals surface area contributed by atoms with E-state index >= 15 is 0 Å². The molecule has 0 bridgehead atoms. The Morgan fingerprint density at radius 1 is 1.07 bits per heavy atom. The van der Waals surface area contributed by atoms with Crippen LogP contribution in [0.25, 0.3) is 11.5 Å². The molecule has 28 heavy (non-hydrogen) atoms. The second-order valence-corrected chi connectivity index (χ2v) is 7.03. The van der Waals surface area contributed by atoms with Crippen LogP contribution in [0.3, 0.4) is 0 Å². The topological polar surface area (TPSA) is 73.6 Å². The Kier molecular flexibility index (Phi) is 4.90. The Morgan fingerprint density at radius 2 is 1.82 bits per heavy atom. The van der Waals surface area contributed by atoms with Gasteiger partial charge < -0.3 is 8.98 Å². The molecule has 0 aliphatic rings. The third-order valence-electron chi connectivity index (χ3n) is 4.48. The van der Waals surface area contributed by atoms with E-state index < -0.39 is 4.92 Å². The van der Waals surface area contributed by atoms with Crippen LogP contribution in [0.5, 0.6) is 0 Å². The standard InChI is InChI=1S/C21H17N3O3S/c1-15(16-8-3-2-4-9-16)23-19(20-12-7-13-27-20)14-28-21(23)22-17-10-5-6-11-18(17)24(25)26/h2-15H,1H3. The Bertz CT molecular complexity index is 1160. The van der Waals surface area contributed by atoms with Gasteiger partial charge in [0.15, 0.2) is 10.6 Å². The predicted octanol–water partition coefficient (Wildman–Crippen LogP) is 5.56. The lowest BCUT2D eigenvalue weighted by Crippen LogP contribution is -2.20. The quantitative estimate of drug-likeness (QED) is 0.330. The molecule has 0 aliphatic heterocycles. The van der Waals surface area contributed by atoms with Crippen LogP contribution in [0.4, 0.5) is 11.4 Å². The molecule has 4 rings (SSSR count). The molecule has 140 valence electrons. The van der Waals surface area contributed by atoms with Crippen LogP contribution >= 0.6 is 11.3 Å². The SMILES string of the molecule is CC(c1ccccc1)n1c(-c2ccco2)csc1=Nc1ccccc1[N+](=O)[O-]. The Hall–Kier alpha value is -3.45. The van der Waals surface area contributed by atoms with E-state index in [9.17, 15) is 10.1 Å². The summed E-state index contributed by atoms with van der Waals surface area (Å²) in [5, 5.41) is 13.3. The second-order valence-electron chi connectivity index (χ2n) is 6.20. The van der Waals surface area contributed by atoms with Gasteiger partial charge in [-0.3, -0.25) is 10.1 Å². The van der Waals surface area contributed by atoms with Gasteiger partial charge in [-0.25, -0.2) is 4.99 Å². The Labute approximate surface area is 165 Å². The van der Waals surface area contributed by atoms with Crippen LogP contribution in [0, 0.1) is 10.1 Å². The average molecular weight is 391 g/mol. The van der Waals surface area contributed by atoms with Gasteiger partial charge in [0, 0.05) is 11.4 Å². The van der Waals surface area contributed by atoms with E-state index in [4.69, 9.17) is 4.42 Å². The first kappa shape index (κ1) is 17.9. The van der Waals surface area contributed by atoms with Crippen molar-refractivity contribution in [1.29, 1.82) is 0 Å². The molecule has 2 heterocycles. The summed E-state index contributed by atoms with van der Waals surface area (Å²) in [6, 6.07) is 20.3. The normalized spacial score (nSPS) is 12.8. The monoisotopic (exact) mass is 391 g/mol. The number of aromatic nitrogens is 1. The molecule has 2 aromatic heterocycles. The van der Waals surface area contributed by atoms with Gasteiger partial charge in [-0.2, -0.15) is 0 Å². The van der Waals surface area contributed by atoms with E-state index in [0.717, 1.165) is 17.0 Å². The molecule has 6 nitrogen and oxygen atoms in total. The molecule has 0 saturated carbocycles. The summed E-state index contributed by atoms with van der Waals surface area (Å²) in [6.07, 6.45) is 1.63. The highest BCUT2D eigenvalue weighted by Gasteiger charge is 2.18. The second kappa shape index (κ2) is 7.66. The zero-order valence-electron chi connectivity index (χ0n) is 15.1. The molecule has 0 aliphatic carbocycles. The fraction of sp³-hybridized carbons (Fsp3) is 0.0952. The van der Waals surface area contributed by atoms with Gasteiger partial charge in [-0.1, -0.05) is 42.5 Å². The highest BCUT2D eigenvalue weighted by Crippen LogP contribution is 2.29. The van der Waals surface area contributed by atoms with Crippen molar-refractivity contribution >= 4 is 22.7 Å². The van der Waals surface area contributed by atoms with E-state index in [2.05, 4.69) is 28.6 Å². The molecule has 0 radical (unpaired) electrons. The summed E-state index contributed by atoms with van der Waals surface area (Å²) in [5.41, 5.74) is 2.30. The maximum atomic E-state index is 11.4. The average Bonchev–Trinajstić information content (AvgIpc) is 3.38. The van der Waals surface area contributed by atoms with Crippen molar-refractivity contribution in [3.63, 3.8) is 0 Å². The van der Waals surface area contributed by atoms with Crippen LogP contribution in [-0.4, -0.2) is 9.49 Å². The van der Waals surface area contributed by atoms with Crippen molar-refractivity contribution in [1.82, 2.24) is 4.57 Å². The Morgan fingerprint density at radius 3 is 2.54 bits per heavy atom. The van der Waals surface area contributed by atoms with Crippen molar-refractivity contribution in [2.24, 2.45) is 4.99 Å². The first-order valence-corrected chi connectivity index (χ1v) is 9.60. The third kappa shape index (κ3) is 3.39. The van der Waals surface area contributed by atoms with E-state index in [-0.39, 0.29) is 11.7 Å². The maximum Gasteiger partial charge on any atom is 0.294 e. The number of hydrogen-bond acceptors (Lipinski definition) is 5. The summed E-state index contributed by atoms with van der Waals surface area (Å²) in [4.78, 5) is 16.3. The molecule has 0 fully saturated rings. The summed E-state index contributed by atoms with van der Waals surface area (Å²) >= 11 is 1.43. The molecular weight excluding hydrogens is 374 g/mol. The molecule has 1 unspecified atom stereocenters. The van der Waals surface area contributed by atoms with Crippen molar-refractivity contribution < 1.29 is 9.34 Å². The molecule has 7 heteroatoms. The molecule has 0 saturated heterocycles. The fourth-order valence-corrected chi connectivity index (χ4v) is 4.05. The van der Waals surface area contributed by atoms with E-state index in [1.807, 2.05) is 35.7 Å². The number of para-hydroxylation sites is 2. The summed E-state index contributed by atoms with van der Waals surface area (Å²) in [7, 11) is 0. The number of benzene rings is 2. The van der Waals surface area contributed by atoms with E-state index in [1.54, 1.807) is 24.5 Å². The summed E-state index contributed by atoms with van der Waals surface area (Å²) in [5.74, 6) is 0.725. The first-order valence-electron chi connectivity index (χ1n) is 8.72. The number of hydrogen-bond donors (Lipinski definition) is 0. The van der Waals surface area contributed by atoms with Crippen LogP contribution in [-0.2, 0) is 0 Å². The largest absolute Gasteiger partial charge is 0.463 e. The van der Waals surface area contributed by atoms with E-state index in [1.165, 1.54) is 17.4 Å². The number of furan rings is 1. The van der Waals surface area contributed by atoms with Crippen molar-refractivity contribution in [2.45, 2.75) is 13.0 Å². The minimum Gasteiger partial charge on any atom is -0.463 e. The summed E-state index contributed by atoms with van der Waals surface area (Å²) in [6.45, 7) is 2.08. The first-order chi connectivity index (χ1) is 13.6. The number of rotatable bonds is 5. The van der Waals surface area contributed by atoms with Crippen LogP contribution in [0.2, 0.25) is 0 Å². The zero-order chi connectivity index (χ0) is 19.5. The maximum absolute atomic E-state index is 11.4. The Balaban J connectivity index is 1.93. The molecule has 0 N–H and O–H groups in total. The number of nitro groups is 1. The number of nitro benzene ring substituents is 1. The third-order valence-corrected chi connectivity index (χ3v) is 5.32. The lowest BCUT2D eigenvalue weighted by Gasteiger charge is -2.17. The molecule has 0 amide bonds. The van der Waals surface area contributed by atoms with Gasteiger partial charge in [0.2, 0.25) is 0 Å². The lowest BCUT2D eigenvalue weighted by atomic mass is 10.1. The zero-order valence-corrected chi connectivity index (χ0v) is 15.9. The highest BCUT2D eigenvalue weighted by atomic mass is 32.1. The van der Waals surface area contributed by atoms with Crippen molar-refractivity contribution in [2.75, 3.05) is 0 Å². The highest BCUT2D eigenvalue weighted by molar-refractivity contribution is 7.07. The van der Waals surface area contributed by atoms with Gasteiger partial charge >= 0.3 is 0 Å². The number of nitrogens with zero attached hydrogens (tertiary/aromatic N) is 3. The van der Waals surface area contributed by atoms with Crippen molar-refractivity contribution in [3.05, 3.63) is 98.9 Å². The summed E-state index contributed by atoms with van der Waals surface area (Å²) < 4.78 is 7.66.